The van der Waals surface area contributed by atoms with Crippen LogP contribution in [0.2, 0.25) is 0 Å². The average molecular weight is 161 g/mol. The molecular formula is H6ClMgO4P. The number of hydrogen-bond acceptors (Lipinski definition) is 1. The van der Waals surface area contributed by atoms with Gasteiger partial charge in [0.15, 0.2) is 0 Å². The molecule has 0 fully saturated rings. The molecule has 0 aromatic rings. The van der Waals surface area contributed by atoms with Gasteiger partial charge >= 0.3 is 30.9 Å². The Morgan fingerprint density at radius 3 is 1.29 bits per heavy atom. The third kappa shape index (κ3) is 141. The van der Waals surface area contributed by atoms with E-state index in [1.165, 1.54) is 0 Å². The molecule has 0 aromatic heterocycles. The molecule has 0 unspecified atom stereocenters. The molecule has 0 aliphatic carbocycles. The molecule has 0 heterocycles. The van der Waals surface area contributed by atoms with E-state index in [4.69, 9.17) is 19.2 Å². The SMILES string of the molecule is Cl.O=P(O)(O)O.[H-].[H-].[Mg+2]. The first kappa shape index (κ1) is 15.7. The van der Waals surface area contributed by atoms with Crippen molar-refractivity contribution >= 4 is 43.3 Å². The van der Waals surface area contributed by atoms with Crippen LogP contribution in [-0.2, 0) is 4.57 Å². The molecule has 0 spiro atoms. The van der Waals surface area contributed by atoms with E-state index in [1.54, 1.807) is 0 Å². The molecule has 0 aliphatic heterocycles. The zero-order chi connectivity index (χ0) is 4.50. The van der Waals surface area contributed by atoms with Crippen molar-refractivity contribution in [2.24, 2.45) is 0 Å². The molecule has 0 amide bonds. The van der Waals surface area contributed by atoms with Gasteiger partial charge in [0.2, 0.25) is 0 Å². The van der Waals surface area contributed by atoms with Crippen LogP contribution in [0, 0.1) is 0 Å². The van der Waals surface area contributed by atoms with Gasteiger partial charge in [-0.3, -0.25) is 0 Å². The molecule has 0 rings (SSSR count). The van der Waals surface area contributed by atoms with Crippen molar-refractivity contribution in [1.82, 2.24) is 0 Å². The molecule has 7 heavy (non-hydrogen) atoms. The van der Waals surface area contributed by atoms with E-state index in [0.29, 0.717) is 0 Å². The maximum absolute atomic E-state index is 8.88. The molecule has 4 nitrogen and oxygen atoms in total. The first-order valence-electron chi connectivity index (χ1n) is 0.783. The van der Waals surface area contributed by atoms with Crippen molar-refractivity contribution in [1.29, 1.82) is 0 Å². The van der Waals surface area contributed by atoms with Crippen LogP contribution in [0.5, 0.6) is 0 Å². The molecule has 0 aliphatic rings. The van der Waals surface area contributed by atoms with Crippen LogP contribution in [0.4, 0.5) is 0 Å². The maximum Gasteiger partial charge on any atom is 2.00 e. The smallest absolute Gasteiger partial charge is 1.00 e. The third-order valence-electron chi connectivity index (χ3n) is 0. The van der Waals surface area contributed by atoms with E-state index in [1.807, 2.05) is 0 Å². The molecule has 0 atom stereocenters. The molecule has 0 saturated heterocycles. The number of halogens is 1. The van der Waals surface area contributed by atoms with Gasteiger partial charge in [-0.2, -0.15) is 0 Å². The fourth-order valence-electron chi connectivity index (χ4n) is 0. The summed E-state index contributed by atoms with van der Waals surface area (Å²) in [6.07, 6.45) is 0. The van der Waals surface area contributed by atoms with Crippen LogP contribution in [0.3, 0.4) is 0 Å². The van der Waals surface area contributed by atoms with Crippen LogP contribution in [0.1, 0.15) is 2.85 Å². The van der Waals surface area contributed by atoms with Crippen LogP contribution in [0.25, 0.3) is 0 Å². The second-order valence-electron chi connectivity index (χ2n) is 0.513. The molecule has 44 valence electrons. The van der Waals surface area contributed by atoms with Crippen molar-refractivity contribution < 1.29 is 22.1 Å². The van der Waals surface area contributed by atoms with Gasteiger partial charge in [0.05, 0.1) is 0 Å². The van der Waals surface area contributed by atoms with Gasteiger partial charge in [-0.25, -0.2) is 4.57 Å². The largest absolute Gasteiger partial charge is 2.00 e. The van der Waals surface area contributed by atoms with Crippen LogP contribution in [0.15, 0.2) is 0 Å². The van der Waals surface area contributed by atoms with Gasteiger partial charge in [-0.1, -0.05) is 0 Å². The maximum atomic E-state index is 8.88. The summed E-state index contributed by atoms with van der Waals surface area (Å²) in [5.74, 6) is 0. The van der Waals surface area contributed by atoms with Gasteiger partial charge in [-0.15, -0.1) is 12.4 Å². The minimum Gasteiger partial charge on any atom is -1.00 e. The molecule has 0 saturated carbocycles. The van der Waals surface area contributed by atoms with Crippen molar-refractivity contribution in [2.45, 2.75) is 0 Å². The Morgan fingerprint density at radius 2 is 1.29 bits per heavy atom. The summed E-state index contributed by atoms with van der Waals surface area (Å²) in [7, 11) is -4.64. The van der Waals surface area contributed by atoms with E-state index in [2.05, 4.69) is 0 Å². The standard InChI is InChI=1S/ClH.Mg.H3O4P.2H/c;;1-5(2,3)4;;/h1H;;(H3,1,2,3,4);;/q;+2;;2*-1. The summed E-state index contributed by atoms with van der Waals surface area (Å²) in [6.45, 7) is 0. The molecule has 0 aromatic carbocycles. The molecule has 3 N–H and O–H groups in total. The normalized spacial score (nSPS) is 8.43. The predicted molar refractivity (Wildman–Crippen MR) is 29.5 cm³/mol. The molecular weight excluding hydrogens is 155 g/mol. The number of hydrogen-bond donors (Lipinski definition) is 3. The monoisotopic (exact) mass is 160 g/mol. The van der Waals surface area contributed by atoms with E-state index in [9.17, 15) is 0 Å². The zero-order valence-electron chi connectivity index (χ0n) is 5.31. The van der Waals surface area contributed by atoms with Gasteiger partial charge in [0, 0.05) is 0 Å². The van der Waals surface area contributed by atoms with Gasteiger partial charge in [-0.05, 0) is 0 Å². The minimum absolute atomic E-state index is 0. The van der Waals surface area contributed by atoms with Crippen molar-refractivity contribution in [3.63, 3.8) is 0 Å². The average Bonchev–Trinajstić information content (AvgIpc) is 0.722. The Hall–Kier alpha value is 1.17. The Morgan fingerprint density at radius 1 is 1.29 bits per heavy atom. The van der Waals surface area contributed by atoms with Crippen molar-refractivity contribution in [3.05, 3.63) is 0 Å². The summed E-state index contributed by atoms with van der Waals surface area (Å²) in [4.78, 5) is 21.6. The summed E-state index contributed by atoms with van der Waals surface area (Å²) in [5, 5.41) is 0. The van der Waals surface area contributed by atoms with E-state index in [0.717, 1.165) is 0 Å². The van der Waals surface area contributed by atoms with Gasteiger partial charge < -0.3 is 17.5 Å². The Balaban J connectivity index is -0.0000000133. The Kier molecular flexibility index (Phi) is 11.9. The second-order valence-corrected chi connectivity index (χ2v) is 1.54. The fourth-order valence-corrected chi connectivity index (χ4v) is 0. The zero-order valence-corrected chi connectivity index (χ0v) is 6.44. The van der Waals surface area contributed by atoms with Crippen LogP contribution < -0.4 is 0 Å². The Bertz CT molecular complexity index is 64.7. The summed E-state index contributed by atoms with van der Waals surface area (Å²) < 4.78 is 8.88. The van der Waals surface area contributed by atoms with Crippen LogP contribution >= 0.6 is 20.2 Å². The summed E-state index contributed by atoms with van der Waals surface area (Å²) in [6, 6.07) is 0. The third-order valence-corrected chi connectivity index (χ3v) is 0. The summed E-state index contributed by atoms with van der Waals surface area (Å²) >= 11 is 0. The quantitative estimate of drug-likeness (QED) is 0.325. The topological polar surface area (TPSA) is 77.8 Å². The van der Waals surface area contributed by atoms with Crippen LogP contribution in [-0.4, -0.2) is 37.7 Å². The first-order chi connectivity index (χ1) is 2.00. The Labute approximate surface area is 65.7 Å². The summed E-state index contributed by atoms with van der Waals surface area (Å²) in [5.41, 5.74) is 0. The second kappa shape index (κ2) is 5.31. The minimum atomic E-state index is -4.64. The predicted octanol–water partition coefficient (Wildman–Crippen LogP) is -0.663. The fraction of sp³-hybridized carbons (Fsp3) is 0. The molecule has 0 radical (unpaired) electrons. The first-order valence-corrected chi connectivity index (χ1v) is 2.35. The van der Waals surface area contributed by atoms with Gasteiger partial charge in [0.25, 0.3) is 0 Å². The van der Waals surface area contributed by atoms with E-state index in [-0.39, 0.29) is 38.3 Å². The number of rotatable bonds is 0. The van der Waals surface area contributed by atoms with E-state index >= 15 is 0 Å². The molecule has 7 heteroatoms. The number of phosphoric acid groups is 1. The van der Waals surface area contributed by atoms with Crippen molar-refractivity contribution in [3.8, 4) is 0 Å². The molecule has 0 bridgehead atoms. The van der Waals surface area contributed by atoms with Crippen molar-refractivity contribution in [2.75, 3.05) is 0 Å². The van der Waals surface area contributed by atoms with E-state index < -0.39 is 7.82 Å². The van der Waals surface area contributed by atoms with Gasteiger partial charge in [0.1, 0.15) is 0 Å².